The third-order valence-corrected chi connectivity index (χ3v) is 3.89. The molecule has 1 N–H and O–H groups in total. The number of aromatic nitrogens is 2. The van der Waals surface area contributed by atoms with Crippen LogP contribution in [0.3, 0.4) is 0 Å². The van der Waals surface area contributed by atoms with Crippen molar-refractivity contribution in [3.05, 3.63) is 23.9 Å². The monoisotopic (exact) mass is 322 g/mol. The smallest absolute Gasteiger partial charge is 0.354 e. The van der Waals surface area contributed by atoms with Crippen LogP contribution in [0.15, 0.2) is 18.2 Å². The molecule has 1 aliphatic rings. The molecule has 126 valence electrons. The first kappa shape index (κ1) is 17.1. The Labute approximate surface area is 134 Å². The zero-order valence-electron chi connectivity index (χ0n) is 13.5. The summed E-state index contributed by atoms with van der Waals surface area (Å²) in [7, 11) is 1.56. The number of carbonyl (C=O) groups is 2. The van der Waals surface area contributed by atoms with Gasteiger partial charge in [0.1, 0.15) is 11.3 Å². The fourth-order valence-corrected chi connectivity index (χ4v) is 2.66. The van der Waals surface area contributed by atoms with Crippen molar-refractivity contribution in [3.8, 4) is 5.88 Å². The van der Waals surface area contributed by atoms with Gasteiger partial charge in [-0.2, -0.15) is 0 Å². The third-order valence-electron chi connectivity index (χ3n) is 3.89. The highest BCUT2D eigenvalue weighted by Crippen LogP contribution is 2.33. The molecule has 1 aromatic heterocycles. The van der Waals surface area contributed by atoms with E-state index in [0.29, 0.717) is 24.5 Å². The predicted octanol–water partition coefficient (Wildman–Crippen LogP) is 2.32. The van der Waals surface area contributed by atoms with Crippen LogP contribution in [0.1, 0.15) is 49.5 Å². The van der Waals surface area contributed by atoms with Crippen LogP contribution in [0.25, 0.3) is 0 Å². The van der Waals surface area contributed by atoms with E-state index in [9.17, 15) is 9.59 Å². The Bertz CT molecular complexity index is 604. The number of aryl methyl sites for hydroxylation is 1. The number of cyclic esters (lactones) is 1. The average Bonchev–Trinajstić information content (AvgIpc) is 2.94. The van der Waals surface area contributed by atoms with Crippen LogP contribution in [0, 0.1) is 0 Å². The van der Waals surface area contributed by atoms with Crippen LogP contribution < -0.4 is 4.74 Å². The fraction of sp³-hybridized carbons (Fsp3) is 0.562. The van der Waals surface area contributed by atoms with Gasteiger partial charge in [0, 0.05) is 25.1 Å². The van der Waals surface area contributed by atoms with Crippen molar-refractivity contribution >= 4 is 11.9 Å². The molecule has 23 heavy (non-hydrogen) atoms. The van der Waals surface area contributed by atoms with Crippen LogP contribution in [-0.4, -0.2) is 39.0 Å². The number of rotatable bonds is 8. The van der Waals surface area contributed by atoms with Crippen LogP contribution in [0.4, 0.5) is 0 Å². The van der Waals surface area contributed by atoms with E-state index in [1.807, 2.05) is 6.92 Å². The second kappa shape index (κ2) is 6.85. The second-order valence-corrected chi connectivity index (χ2v) is 6.08. The van der Waals surface area contributed by atoms with Gasteiger partial charge in [0.2, 0.25) is 5.88 Å². The second-order valence-electron chi connectivity index (χ2n) is 6.08. The van der Waals surface area contributed by atoms with Crippen molar-refractivity contribution in [2.45, 2.75) is 44.6 Å². The van der Waals surface area contributed by atoms with Crippen LogP contribution in [-0.2, 0) is 16.6 Å². The van der Waals surface area contributed by atoms with Crippen molar-refractivity contribution in [2.24, 2.45) is 7.05 Å². The van der Waals surface area contributed by atoms with Gasteiger partial charge in [-0.3, -0.25) is 4.68 Å². The van der Waals surface area contributed by atoms with Gasteiger partial charge in [-0.25, -0.2) is 9.59 Å². The van der Waals surface area contributed by atoms with Crippen molar-refractivity contribution in [3.63, 3.8) is 0 Å². The van der Waals surface area contributed by atoms with Gasteiger partial charge in [-0.1, -0.05) is 6.58 Å². The van der Waals surface area contributed by atoms with E-state index in [-0.39, 0.29) is 11.7 Å². The van der Waals surface area contributed by atoms with Crippen LogP contribution in [0.2, 0.25) is 0 Å². The fourth-order valence-electron chi connectivity index (χ4n) is 2.66. The van der Waals surface area contributed by atoms with Gasteiger partial charge in [0.15, 0.2) is 0 Å². The van der Waals surface area contributed by atoms with Gasteiger partial charge < -0.3 is 14.6 Å². The molecule has 0 bridgehead atoms. The first-order valence-electron chi connectivity index (χ1n) is 7.62. The van der Waals surface area contributed by atoms with Crippen molar-refractivity contribution in [1.82, 2.24) is 9.78 Å². The highest BCUT2D eigenvalue weighted by atomic mass is 16.6. The van der Waals surface area contributed by atoms with E-state index in [1.165, 1.54) is 10.7 Å². The summed E-state index contributed by atoms with van der Waals surface area (Å²) in [6, 6.07) is 1.41. The lowest BCUT2D eigenvalue weighted by molar-refractivity contribution is -0.145. The Kier molecular flexibility index (Phi) is 5.08. The lowest BCUT2D eigenvalue weighted by Crippen LogP contribution is -2.23. The van der Waals surface area contributed by atoms with Gasteiger partial charge in [0.25, 0.3) is 0 Å². The number of aromatic carboxylic acids is 1. The van der Waals surface area contributed by atoms with Gasteiger partial charge in [0.05, 0.1) is 6.61 Å². The molecule has 0 amide bonds. The molecule has 0 aliphatic carbocycles. The molecule has 1 fully saturated rings. The minimum absolute atomic E-state index is 0.0937. The van der Waals surface area contributed by atoms with Crippen molar-refractivity contribution in [2.75, 3.05) is 6.61 Å². The molecule has 0 aromatic carbocycles. The average molecular weight is 322 g/mol. The van der Waals surface area contributed by atoms with E-state index < -0.39 is 11.6 Å². The molecule has 1 atom stereocenters. The summed E-state index contributed by atoms with van der Waals surface area (Å²) in [5.74, 6) is -1.01. The Morgan fingerprint density at radius 3 is 2.83 bits per heavy atom. The number of carboxylic acids is 1. The zero-order chi connectivity index (χ0) is 17.0. The van der Waals surface area contributed by atoms with E-state index in [1.54, 1.807) is 7.05 Å². The minimum atomic E-state index is -1.03. The Morgan fingerprint density at radius 1 is 1.52 bits per heavy atom. The summed E-state index contributed by atoms with van der Waals surface area (Å²) >= 11 is 0. The molecular weight excluding hydrogens is 300 g/mol. The van der Waals surface area contributed by atoms with E-state index >= 15 is 0 Å². The SMILES string of the molecule is C=C1CC(C)(CCCCCOc2cc(C(=O)O)n(C)n2)OC1=O. The first-order chi connectivity index (χ1) is 10.8. The molecule has 1 aromatic rings. The number of hydrogen-bond donors (Lipinski definition) is 1. The molecule has 0 saturated carbocycles. The summed E-state index contributed by atoms with van der Waals surface area (Å²) in [6.45, 7) is 6.10. The third kappa shape index (κ3) is 4.34. The minimum Gasteiger partial charge on any atom is -0.477 e. The van der Waals surface area contributed by atoms with Crippen molar-refractivity contribution in [1.29, 1.82) is 0 Å². The van der Waals surface area contributed by atoms with Gasteiger partial charge >= 0.3 is 11.9 Å². The molecule has 7 heteroatoms. The topological polar surface area (TPSA) is 90.7 Å². The number of carbonyl (C=O) groups excluding carboxylic acids is 1. The maximum atomic E-state index is 11.4. The van der Waals surface area contributed by atoms with E-state index in [2.05, 4.69) is 11.7 Å². The maximum Gasteiger partial charge on any atom is 0.354 e. The Hall–Kier alpha value is -2.31. The molecule has 0 radical (unpaired) electrons. The van der Waals surface area contributed by atoms with Crippen LogP contribution in [0.5, 0.6) is 5.88 Å². The first-order valence-corrected chi connectivity index (χ1v) is 7.62. The summed E-state index contributed by atoms with van der Waals surface area (Å²) in [5.41, 5.74) is 0.211. The van der Waals surface area contributed by atoms with Crippen LogP contribution >= 0.6 is 0 Å². The maximum absolute atomic E-state index is 11.4. The summed E-state index contributed by atoms with van der Waals surface area (Å²) < 4.78 is 12.1. The molecule has 1 saturated heterocycles. The quantitative estimate of drug-likeness (QED) is 0.449. The van der Waals surface area contributed by atoms with Gasteiger partial charge in [-0.15, -0.1) is 5.10 Å². The number of carboxylic acid groups (broad SMARTS) is 1. The normalized spacial score (nSPS) is 20.6. The lowest BCUT2D eigenvalue weighted by atomic mass is 9.94. The molecular formula is C16H22N2O5. The molecule has 2 heterocycles. The molecule has 2 rings (SSSR count). The Morgan fingerprint density at radius 2 is 2.26 bits per heavy atom. The molecule has 1 aliphatic heterocycles. The van der Waals surface area contributed by atoms with E-state index in [4.69, 9.17) is 14.6 Å². The summed E-state index contributed by atoms with van der Waals surface area (Å²) in [5, 5.41) is 12.9. The number of nitrogens with zero attached hydrogens (tertiary/aromatic N) is 2. The number of esters is 1. The lowest BCUT2D eigenvalue weighted by Gasteiger charge is -2.21. The standard InChI is InChI=1S/C16H22N2O5/c1-11-10-16(2,23-15(11)21)7-5-4-6-8-22-13-9-12(14(19)20)18(3)17-13/h9H,1,4-8,10H2,2-3H3,(H,19,20). The summed E-state index contributed by atoms with van der Waals surface area (Å²) in [6.07, 6.45) is 4.06. The molecule has 1 unspecified atom stereocenters. The highest BCUT2D eigenvalue weighted by Gasteiger charge is 2.37. The summed E-state index contributed by atoms with van der Waals surface area (Å²) in [4.78, 5) is 22.3. The number of unbranched alkanes of at least 4 members (excludes halogenated alkanes) is 2. The number of ether oxygens (including phenoxy) is 2. The Balaban J connectivity index is 1.65. The van der Waals surface area contributed by atoms with E-state index in [0.717, 1.165) is 25.7 Å². The number of hydrogen-bond acceptors (Lipinski definition) is 5. The molecule has 0 spiro atoms. The zero-order valence-corrected chi connectivity index (χ0v) is 13.5. The largest absolute Gasteiger partial charge is 0.477 e. The predicted molar refractivity (Wildman–Crippen MR) is 82.4 cm³/mol. The van der Waals surface area contributed by atoms with Gasteiger partial charge in [-0.05, 0) is 32.6 Å². The highest BCUT2D eigenvalue weighted by molar-refractivity contribution is 5.90. The van der Waals surface area contributed by atoms with Crippen molar-refractivity contribution < 1.29 is 24.2 Å². The molecule has 7 nitrogen and oxygen atoms in total.